The molecule has 0 fully saturated rings. The van der Waals surface area contributed by atoms with E-state index in [0.717, 1.165) is 0 Å². The summed E-state index contributed by atoms with van der Waals surface area (Å²) in [5.74, 6) is -0.753. The second kappa shape index (κ2) is 5.53. The van der Waals surface area contributed by atoms with Crippen LogP contribution in [0.2, 0.25) is 0 Å². The third-order valence-electron chi connectivity index (χ3n) is 3.65. The van der Waals surface area contributed by atoms with E-state index in [1.807, 2.05) is 0 Å². The topological polar surface area (TPSA) is 92.6 Å². The standard InChI is InChI=1S/C15H14N5O3/c1-3-23-15(22)13-12-7-19(2)14(21)10-6-9(18-16)4-5-11(10)20(12)8-17-13/h4-6,8H,3,7H2,1-2H3/q+1. The summed E-state index contributed by atoms with van der Waals surface area (Å²) in [6.45, 7) is 2.18. The molecule has 0 N–H and O–H groups in total. The van der Waals surface area contributed by atoms with Gasteiger partial charge in [0.05, 0.1) is 30.1 Å². The number of hydrogen-bond donors (Lipinski definition) is 0. The average molecular weight is 312 g/mol. The van der Waals surface area contributed by atoms with E-state index in [1.54, 1.807) is 30.7 Å². The molecule has 1 amide bonds. The van der Waals surface area contributed by atoms with Gasteiger partial charge in [-0.3, -0.25) is 9.36 Å². The molecular formula is C15H14N5O3+. The van der Waals surface area contributed by atoms with Gasteiger partial charge in [0.15, 0.2) is 10.7 Å². The van der Waals surface area contributed by atoms with Crippen LogP contribution in [-0.2, 0) is 11.3 Å². The Morgan fingerprint density at radius 3 is 2.96 bits per heavy atom. The van der Waals surface area contributed by atoms with Gasteiger partial charge in [-0.05, 0) is 13.0 Å². The summed E-state index contributed by atoms with van der Waals surface area (Å²) in [5.41, 5.74) is 1.99. The largest absolute Gasteiger partial charge is 0.461 e. The fraction of sp³-hybridized carbons (Fsp3) is 0.267. The van der Waals surface area contributed by atoms with E-state index >= 15 is 0 Å². The highest BCUT2D eigenvalue weighted by Crippen LogP contribution is 2.28. The fourth-order valence-electron chi connectivity index (χ4n) is 2.57. The van der Waals surface area contributed by atoms with Gasteiger partial charge in [-0.25, -0.2) is 9.78 Å². The maximum Gasteiger partial charge on any atom is 0.386 e. The van der Waals surface area contributed by atoms with Crippen molar-refractivity contribution >= 4 is 17.6 Å². The predicted octanol–water partition coefficient (Wildman–Crippen LogP) is 2.12. The Bertz CT molecular complexity index is 849. The number of imidazole rings is 1. The van der Waals surface area contributed by atoms with E-state index in [0.29, 0.717) is 16.9 Å². The summed E-state index contributed by atoms with van der Waals surface area (Å²) in [7, 11) is 1.63. The van der Waals surface area contributed by atoms with Crippen molar-refractivity contribution < 1.29 is 14.3 Å². The molecule has 2 aromatic rings. The first-order chi connectivity index (χ1) is 11.1. The van der Waals surface area contributed by atoms with E-state index < -0.39 is 5.97 Å². The normalized spacial score (nSPS) is 12.9. The van der Waals surface area contributed by atoms with Gasteiger partial charge in [0, 0.05) is 19.2 Å². The van der Waals surface area contributed by atoms with Crippen LogP contribution in [0, 0.1) is 5.39 Å². The smallest absolute Gasteiger partial charge is 0.386 e. The van der Waals surface area contributed by atoms with Gasteiger partial charge in [0.25, 0.3) is 5.91 Å². The minimum atomic E-state index is -0.521. The van der Waals surface area contributed by atoms with Crippen LogP contribution in [0.5, 0.6) is 0 Å². The van der Waals surface area contributed by atoms with Crippen LogP contribution >= 0.6 is 0 Å². The zero-order valence-corrected chi connectivity index (χ0v) is 12.7. The van der Waals surface area contributed by atoms with Crippen LogP contribution in [0.3, 0.4) is 0 Å². The van der Waals surface area contributed by atoms with E-state index in [-0.39, 0.29) is 30.4 Å². The van der Waals surface area contributed by atoms with Crippen LogP contribution in [0.4, 0.5) is 5.69 Å². The third kappa shape index (κ3) is 2.32. The van der Waals surface area contributed by atoms with Crippen molar-refractivity contribution in [2.75, 3.05) is 13.7 Å². The van der Waals surface area contributed by atoms with Gasteiger partial charge in [-0.2, -0.15) is 0 Å². The molecule has 8 heteroatoms. The molecule has 0 spiro atoms. The molecule has 1 aromatic carbocycles. The summed E-state index contributed by atoms with van der Waals surface area (Å²) < 4.78 is 6.70. The Morgan fingerprint density at radius 1 is 1.48 bits per heavy atom. The molecule has 1 aromatic heterocycles. The molecule has 1 aliphatic rings. The maximum atomic E-state index is 12.5. The number of amides is 1. The molecule has 0 saturated heterocycles. The van der Waals surface area contributed by atoms with Crippen molar-refractivity contribution in [2.45, 2.75) is 13.5 Å². The number of hydrogen-bond acceptors (Lipinski definition) is 5. The number of ether oxygens (including phenoxy) is 1. The number of rotatable bonds is 2. The molecule has 0 radical (unpaired) electrons. The lowest BCUT2D eigenvalue weighted by Gasteiger charge is -2.14. The highest BCUT2D eigenvalue weighted by molar-refractivity contribution is 6.00. The van der Waals surface area contributed by atoms with Gasteiger partial charge >= 0.3 is 11.7 Å². The van der Waals surface area contributed by atoms with Gasteiger partial charge in [0.1, 0.15) is 6.33 Å². The molecule has 0 aliphatic carbocycles. The average Bonchev–Trinajstić information content (AvgIpc) is 2.93. The molecule has 0 saturated carbocycles. The quantitative estimate of drug-likeness (QED) is 0.625. The number of esters is 1. The molecule has 2 heterocycles. The molecule has 8 nitrogen and oxygen atoms in total. The number of carbonyl (C=O) groups excluding carboxylic acids is 2. The lowest BCUT2D eigenvalue weighted by atomic mass is 10.1. The number of carbonyl (C=O) groups is 2. The molecule has 23 heavy (non-hydrogen) atoms. The summed E-state index contributed by atoms with van der Waals surface area (Å²) in [6.07, 6.45) is 1.49. The van der Waals surface area contributed by atoms with Crippen molar-refractivity contribution in [1.82, 2.24) is 14.5 Å². The fourth-order valence-corrected chi connectivity index (χ4v) is 2.57. The molecule has 0 unspecified atom stereocenters. The zero-order chi connectivity index (χ0) is 16.6. The molecule has 0 bridgehead atoms. The number of benzene rings is 1. The Balaban J connectivity index is 2.21. The number of nitrogens with zero attached hydrogens (tertiary/aromatic N) is 5. The summed E-state index contributed by atoms with van der Waals surface area (Å²) in [6, 6.07) is 4.72. The summed E-state index contributed by atoms with van der Waals surface area (Å²) in [5, 5.41) is 8.91. The van der Waals surface area contributed by atoms with E-state index in [4.69, 9.17) is 10.1 Å². The SMILES string of the molecule is CCOC(=O)c1ncn2c1CN(C)C(=O)c1cc([N+]#N)ccc1-2. The second-order valence-electron chi connectivity index (χ2n) is 5.09. The lowest BCUT2D eigenvalue weighted by molar-refractivity contribution is 0.0516. The molecule has 3 rings (SSSR count). The van der Waals surface area contributed by atoms with E-state index in [1.165, 1.54) is 17.3 Å². The van der Waals surface area contributed by atoms with Crippen molar-refractivity contribution in [2.24, 2.45) is 0 Å². The second-order valence-corrected chi connectivity index (χ2v) is 5.09. The zero-order valence-electron chi connectivity index (χ0n) is 12.7. The number of aromatic nitrogens is 2. The Labute approximate surface area is 131 Å². The van der Waals surface area contributed by atoms with E-state index in [2.05, 4.69) is 9.96 Å². The number of diazo groups is 1. The van der Waals surface area contributed by atoms with Gasteiger partial charge < -0.3 is 9.64 Å². The molecule has 116 valence electrons. The lowest BCUT2D eigenvalue weighted by Crippen LogP contribution is -2.25. The number of fused-ring (bicyclic) bond motifs is 3. The predicted molar refractivity (Wildman–Crippen MR) is 80.1 cm³/mol. The highest BCUT2D eigenvalue weighted by atomic mass is 16.5. The maximum absolute atomic E-state index is 12.5. The van der Waals surface area contributed by atoms with Crippen LogP contribution in [-0.4, -0.2) is 40.0 Å². The van der Waals surface area contributed by atoms with Crippen LogP contribution in [0.25, 0.3) is 10.7 Å². The molecule has 0 atom stereocenters. The minimum absolute atomic E-state index is 0.190. The molecular weight excluding hydrogens is 298 g/mol. The Kier molecular flexibility index (Phi) is 3.54. The van der Waals surface area contributed by atoms with Gasteiger partial charge in [-0.15, -0.1) is 0 Å². The molecule has 1 aliphatic heterocycles. The van der Waals surface area contributed by atoms with Gasteiger partial charge in [-0.1, -0.05) is 0 Å². The van der Waals surface area contributed by atoms with Gasteiger partial charge in [0.2, 0.25) is 5.39 Å². The van der Waals surface area contributed by atoms with E-state index in [9.17, 15) is 9.59 Å². The van der Waals surface area contributed by atoms with Crippen LogP contribution in [0.15, 0.2) is 24.5 Å². The van der Waals surface area contributed by atoms with Crippen molar-refractivity contribution in [3.8, 4) is 5.69 Å². The summed E-state index contributed by atoms with van der Waals surface area (Å²) in [4.78, 5) is 33.3. The van der Waals surface area contributed by atoms with Crippen molar-refractivity contribution in [3.05, 3.63) is 46.5 Å². The van der Waals surface area contributed by atoms with Crippen LogP contribution in [0.1, 0.15) is 33.5 Å². The van der Waals surface area contributed by atoms with Crippen LogP contribution < -0.4 is 0 Å². The summed E-state index contributed by atoms with van der Waals surface area (Å²) >= 11 is 0. The third-order valence-corrected chi connectivity index (χ3v) is 3.65. The monoisotopic (exact) mass is 312 g/mol. The minimum Gasteiger partial charge on any atom is -0.461 e. The highest BCUT2D eigenvalue weighted by Gasteiger charge is 2.30. The Hall–Kier alpha value is -3.21. The van der Waals surface area contributed by atoms with Crippen molar-refractivity contribution in [3.63, 3.8) is 0 Å². The first-order valence-corrected chi connectivity index (χ1v) is 7.05. The Morgan fingerprint density at radius 2 is 2.26 bits per heavy atom. The first kappa shape index (κ1) is 14.7. The first-order valence-electron chi connectivity index (χ1n) is 7.05. The van der Waals surface area contributed by atoms with Crippen molar-refractivity contribution in [1.29, 1.82) is 5.39 Å².